The first-order chi connectivity index (χ1) is 9.04. The molecule has 0 fully saturated rings. The molecule has 0 aliphatic heterocycles. The van der Waals surface area contributed by atoms with Crippen LogP contribution in [0.15, 0.2) is 18.2 Å². The topological polar surface area (TPSA) is 47.0 Å². The molecule has 1 aromatic heterocycles. The Hall–Kier alpha value is -1.53. The van der Waals surface area contributed by atoms with E-state index in [2.05, 4.69) is 29.4 Å². The van der Waals surface area contributed by atoms with Gasteiger partial charge in [0.25, 0.3) is 5.19 Å². The second kappa shape index (κ2) is 6.08. The highest BCUT2D eigenvalue weighted by molar-refractivity contribution is 7.13. The van der Waals surface area contributed by atoms with Gasteiger partial charge in [-0.25, -0.2) is 4.39 Å². The highest BCUT2D eigenvalue weighted by Gasteiger charge is 2.09. The van der Waals surface area contributed by atoms with E-state index in [9.17, 15) is 4.39 Å². The lowest BCUT2D eigenvalue weighted by Crippen LogP contribution is -2.21. The van der Waals surface area contributed by atoms with Crippen molar-refractivity contribution in [1.82, 2.24) is 15.5 Å². The number of nitrogens with zero attached hydrogens (tertiary/aromatic N) is 2. The summed E-state index contributed by atoms with van der Waals surface area (Å²) < 4.78 is 18.7. The summed E-state index contributed by atoms with van der Waals surface area (Å²) in [5, 5.41) is 12.5. The monoisotopic (exact) mass is 281 g/mol. The predicted molar refractivity (Wildman–Crippen MR) is 73.1 cm³/mol. The molecule has 2 rings (SSSR count). The molecule has 102 valence electrons. The average molecular weight is 281 g/mol. The number of rotatable bonds is 5. The van der Waals surface area contributed by atoms with Gasteiger partial charge in [0.2, 0.25) is 0 Å². The smallest absolute Gasteiger partial charge is 0.299 e. The first kappa shape index (κ1) is 13.9. The van der Waals surface area contributed by atoms with E-state index < -0.39 is 0 Å². The van der Waals surface area contributed by atoms with Crippen LogP contribution in [0.2, 0.25) is 0 Å². The molecular weight excluding hydrogens is 265 g/mol. The third kappa shape index (κ3) is 3.97. The fourth-order valence-electron chi connectivity index (χ4n) is 1.42. The summed E-state index contributed by atoms with van der Waals surface area (Å²) in [4.78, 5) is 0. The van der Waals surface area contributed by atoms with Crippen LogP contribution in [-0.4, -0.2) is 16.2 Å². The Kier molecular flexibility index (Phi) is 4.44. The molecule has 4 nitrogen and oxygen atoms in total. The molecule has 0 saturated carbocycles. The first-order valence-corrected chi connectivity index (χ1v) is 6.86. The van der Waals surface area contributed by atoms with Gasteiger partial charge in [-0.15, -0.1) is 5.10 Å². The molecule has 0 aliphatic carbocycles. The van der Waals surface area contributed by atoms with Crippen LogP contribution in [0.5, 0.6) is 10.9 Å². The Morgan fingerprint density at radius 2 is 2.16 bits per heavy atom. The summed E-state index contributed by atoms with van der Waals surface area (Å²) in [5.74, 6) is 0.145. The maximum atomic E-state index is 13.1. The highest BCUT2D eigenvalue weighted by Crippen LogP contribution is 2.28. The quantitative estimate of drug-likeness (QED) is 0.913. The molecule has 2 aromatic rings. The minimum Gasteiger partial charge on any atom is -0.429 e. The van der Waals surface area contributed by atoms with Crippen LogP contribution in [0.3, 0.4) is 0 Å². The van der Waals surface area contributed by atoms with Crippen LogP contribution < -0.4 is 10.1 Å². The Labute approximate surface area is 115 Å². The summed E-state index contributed by atoms with van der Waals surface area (Å²) >= 11 is 1.35. The lowest BCUT2D eigenvalue weighted by Gasteiger charge is -2.05. The number of ether oxygens (including phenoxy) is 1. The van der Waals surface area contributed by atoms with Crippen LogP contribution in [0.25, 0.3) is 0 Å². The predicted octanol–water partition coefficient (Wildman–Crippen LogP) is 3.28. The van der Waals surface area contributed by atoms with E-state index >= 15 is 0 Å². The first-order valence-electron chi connectivity index (χ1n) is 6.04. The Morgan fingerprint density at radius 1 is 1.37 bits per heavy atom. The number of halogens is 1. The molecule has 0 unspecified atom stereocenters. The fourth-order valence-corrected chi connectivity index (χ4v) is 2.07. The number of nitrogens with one attached hydrogen (secondary N) is 1. The van der Waals surface area contributed by atoms with E-state index in [4.69, 9.17) is 4.74 Å². The molecule has 6 heteroatoms. The molecule has 0 aliphatic rings. The Balaban J connectivity index is 2.05. The minimum atomic E-state index is -0.327. The summed E-state index contributed by atoms with van der Waals surface area (Å²) in [6.45, 7) is 6.64. The summed E-state index contributed by atoms with van der Waals surface area (Å²) in [6.07, 6.45) is 0. The van der Waals surface area contributed by atoms with Gasteiger partial charge in [-0.1, -0.05) is 36.3 Å². The summed E-state index contributed by atoms with van der Waals surface area (Å²) in [5.41, 5.74) is 0.860. The lowest BCUT2D eigenvalue weighted by atomic mass is 10.2. The average Bonchev–Trinajstić information content (AvgIpc) is 2.79. The molecule has 0 bridgehead atoms. The van der Waals surface area contributed by atoms with E-state index in [0.717, 1.165) is 10.6 Å². The Morgan fingerprint density at radius 3 is 2.89 bits per heavy atom. The second-order valence-electron chi connectivity index (χ2n) is 4.51. The van der Waals surface area contributed by atoms with Crippen molar-refractivity contribution in [2.45, 2.75) is 33.4 Å². The van der Waals surface area contributed by atoms with E-state index in [-0.39, 0.29) is 5.82 Å². The zero-order valence-electron chi connectivity index (χ0n) is 11.1. The van der Waals surface area contributed by atoms with E-state index in [1.54, 1.807) is 6.07 Å². The standard InChI is InChI=1S/C13H16FN3OS/c1-8(2)15-7-12-16-17-13(19-12)18-11-6-10(14)5-4-9(11)3/h4-6,8,15H,7H2,1-3H3. The molecule has 19 heavy (non-hydrogen) atoms. The van der Waals surface area contributed by atoms with Crippen LogP contribution in [-0.2, 0) is 6.54 Å². The maximum Gasteiger partial charge on any atom is 0.299 e. The van der Waals surface area contributed by atoms with Crippen LogP contribution in [0.1, 0.15) is 24.4 Å². The van der Waals surface area contributed by atoms with Gasteiger partial charge >= 0.3 is 0 Å². The third-order valence-corrected chi connectivity index (χ3v) is 3.26. The van der Waals surface area contributed by atoms with Crippen molar-refractivity contribution in [1.29, 1.82) is 0 Å². The van der Waals surface area contributed by atoms with Crippen molar-refractivity contribution >= 4 is 11.3 Å². The van der Waals surface area contributed by atoms with Crippen molar-refractivity contribution in [2.24, 2.45) is 0 Å². The van der Waals surface area contributed by atoms with Gasteiger partial charge in [-0.2, -0.15) is 0 Å². The van der Waals surface area contributed by atoms with Crippen molar-refractivity contribution in [2.75, 3.05) is 0 Å². The van der Waals surface area contributed by atoms with Crippen molar-refractivity contribution in [3.8, 4) is 10.9 Å². The van der Waals surface area contributed by atoms with Crippen molar-refractivity contribution in [3.63, 3.8) is 0 Å². The Bertz CT molecular complexity index is 557. The van der Waals surface area contributed by atoms with Gasteiger partial charge in [0, 0.05) is 12.1 Å². The van der Waals surface area contributed by atoms with Gasteiger partial charge in [-0.05, 0) is 18.6 Å². The number of hydrogen-bond donors (Lipinski definition) is 1. The number of aromatic nitrogens is 2. The number of aryl methyl sites for hydroxylation is 1. The number of benzene rings is 1. The number of hydrogen-bond acceptors (Lipinski definition) is 5. The van der Waals surface area contributed by atoms with Crippen LogP contribution in [0, 0.1) is 12.7 Å². The molecule has 1 aromatic carbocycles. The molecule has 1 heterocycles. The van der Waals surface area contributed by atoms with E-state index in [0.29, 0.717) is 23.5 Å². The fraction of sp³-hybridized carbons (Fsp3) is 0.385. The zero-order valence-corrected chi connectivity index (χ0v) is 11.9. The van der Waals surface area contributed by atoms with Gasteiger partial charge in [0.15, 0.2) is 0 Å². The third-order valence-electron chi connectivity index (χ3n) is 2.46. The normalized spacial score (nSPS) is 11.0. The van der Waals surface area contributed by atoms with Gasteiger partial charge in [0.1, 0.15) is 16.6 Å². The largest absolute Gasteiger partial charge is 0.429 e. The SMILES string of the molecule is Cc1ccc(F)cc1Oc1nnc(CNC(C)C)s1. The van der Waals surface area contributed by atoms with Gasteiger partial charge in [-0.3, -0.25) is 0 Å². The maximum absolute atomic E-state index is 13.1. The van der Waals surface area contributed by atoms with Crippen molar-refractivity contribution < 1.29 is 9.13 Å². The molecule has 0 spiro atoms. The van der Waals surface area contributed by atoms with Gasteiger partial charge < -0.3 is 10.1 Å². The molecule has 0 atom stereocenters. The molecule has 0 radical (unpaired) electrons. The van der Waals surface area contributed by atoms with E-state index in [1.165, 1.54) is 23.5 Å². The zero-order chi connectivity index (χ0) is 13.8. The summed E-state index contributed by atoms with van der Waals surface area (Å²) in [7, 11) is 0. The molecule has 0 amide bonds. The molecule has 0 saturated heterocycles. The van der Waals surface area contributed by atoms with Crippen LogP contribution in [0.4, 0.5) is 4.39 Å². The second-order valence-corrected chi connectivity index (χ2v) is 5.53. The minimum absolute atomic E-state index is 0.327. The van der Waals surface area contributed by atoms with Gasteiger partial charge in [0.05, 0.1) is 6.54 Å². The molecule has 1 N–H and O–H groups in total. The lowest BCUT2D eigenvalue weighted by molar-refractivity contribution is 0.464. The van der Waals surface area contributed by atoms with E-state index in [1.807, 2.05) is 6.92 Å². The molecular formula is C13H16FN3OS. The van der Waals surface area contributed by atoms with Crippen molar-refractivity contribution in [3.05, 3.63) is 34.6 Å². The van der Waals surface area contributed by atoms with Crippen LogP contribution >= 0.6 is 11.3 Å². The highest BCUT2D eigenvalue weighted by atomic mass is 32.1. The summed E-state index contributed by atoms with van der Waals surface area (Å²) in [6, 6.07) is 4.81.